The van der Waals surface area contributed by atoms with Gasteiger partial charge in [0.05, 0.1) is 0 Å². The SMILES string of the molecule is CC(C)N(CC1CC1)c1snc(N)c1S(C)(=O)=O. The van der Waals surface area contributed by atoms with E-state index in [0.29, 0.717) is 10.9 Å². The largest absolute Gasteiger partial charge is 0.382 e. The van der Waals surface area contributed by atoms with Crippen LogP contribution in [0.2, 0.25) is 0 Å². The van der Waals surface area contributed by atoms with Gasteiger partial charge in [-0.3, -0.25) is 0 Å². The van der Waals surface area contributed by atoms with E-state index in [4.69, 9.17) is 5.73 Å². The van der Waals surface area contributed by atoms with Crippen LogP contribution in [0.1, 0.15) is 26.7 Å². The van der Waals surface area contributed by atoms with Gasteiger partial charge in [0.15, 0.2) is 15.7 Å². The maximum atomic E-state index is 11.8. The van der Waals surface area contributed by atoms with Crippen LogP contribution in [-0.2, 0) is 9.84 Å². The summed E-state index contributed by atoms with van der Waals surface area (Å²) in [6, 6.07) is 0.242. The summed E-state index contributed by atoms with van der Waals surface area (Å²) in [5, 5.41) is 0.692. The quantitative estimate of drug-likeness (QED) is 0.893. The Morgan fingerprint density at radius 3 is 2.56 bits per heavy atom. The van der Waals surface area contributed by atoms with Gasteiger partial charge in [-0.25, -0.2) is 8.42 Å². The molecule has 0 unspecified atom stereocenters. The number of sulfone groups is 1. The highest BCUT2D eigenvalue weighted by Crippen LogP contribution is 2.39. The van der Waals surface area contributed by atoms with E-state index in [1.807, 2.05) is 0 Å². The van der Waals surface area contributed by atoms with E-state index in [1.165, 1.54) is 30.6 Å². The second-order valence-corrected chi connectivity index (χ2v) is 7.87. The third-order valence-electron chi connectivity index (χ3n) is 3.06. The summed E-state index contributed by atoms with van der Waals surface area (Å²) in [7, 11) is -3.33. The lowest BCUT2D eigenvalue weighted by Crippen LogP contribution is -2.33. The smallest absolute Gasteiger partial charge is 0.182 e. The zero-order valence-corrected chi connectivity index (χ0v) is 12.5. The Bertz CT molecular complexity index is 532. The summed E-state index contributed by atoms with van der Waals surface area (Å²) in [6.45, 7) is 5.01. The van der Waals surface area contributed by atoms with E-state index in [2.05, 4.69) is 23.1 Å². The van der Waals surface area contributed by atoms with Gasteiger partial charge in [-0.2, -0.15) is 4.37 Å². The highest BCUT2D eigenvalue weighted by molar-refractivity contribution is 7.91. The van der Waals surface area contributed by atoms with Gasteiger partial charge in [-0.1, -0.05) is 0 Å². The second kappa shape index (κ2) is 4.70. The molecule has 2 N–H and O–H groups in total. The number of aromatic nitrogens is 1. The average molecular weight is 289 g/mol. The molecule has 2 rings (SSSR count). The lowest BCUT2D eigenvalue weighted by atomic mass is 10.3. The summed E-state index contributed by atoms with van der Waals surface area (Å²) >= 11 is 1.18. The Balaban J connectivity index is 2.41. The number of hydrogen-bond acceptors (Lipinski definition) is 6. The van der Waals surface area contributed by atoms with E-state index in [-0.39, 0.29) is 16.8 Å². The first-order valence-corrected chi connectivity index (χ1v) is 8.69. The third kappa shape index (κ3) is 2.77. The van der Waals surface area contributed by atoms with Crippen molar-refractivity contribution in [3.05, 3.63) is 0 Å². The van der Waals surface area contributed by atoms with Crippen LogP contribution in [0.5, 0.6) is 0 Å². The third-order valence-corrected chi connectivity index (χ3v) is 5.24. The van der Waals surface area contributed by atoms with Crippen LogP contribution in [0.3, 0.4) is 0 Å². The molecule has 7 heteroatoms. The molecule has 1 aromatic heterocycles. The molecular formula is C11H19N3O2S2. The molecule has 0 radical (unpaired) electrons. The molecule has 1 saturated carbocycles. The number of nitrogens with zero attached hydrogens (tertiary/aromatic N) is 2. The fourth-order valence-corrected chi connectivity index (χ4v) is 4.26. The van der Waals surface area contributed by atoms with Gasteiger partial charge in [0.1, 0.15) is 9.90 Å². The summed E-state index contributed by atoms with van der Waals surface area (Å²) in [5.41, 5.74) is 5.71. The zero-order chi connectivity index (χ0) is 13.5. The van der Waals surface area contributed by atoms with Gasteiger partial charge in [-0.15, -0.1) is 0 Å². The molecule has 0 saturated heterocycles. The number of nitrogens with two attached hydrogens (primary N) is 1. The highest BCUT2D eigenvalue weighted by atomic mass is 32.2. The number of rotatable bonds is 5. The predicted molar refractivity (Wildman–Crippen MR) is 74.8 cm³/mol. The van der Waals surface area contributed by atoms with E-state index in [1.54, 1.807) is 0 Å². The fraction of sp³-hybridized carbons (Fsp3) is 0.727. The van der Waals surface area contributed by atoms with Crippen LogP contribution in [-0.4, -0.2) is 31.6 Å². The minimum atomic E-state index is -3.33. The first-order valence-electron chi connectivity index (χ1n) is 6.02. The Morgan fingerprint density at radius 1 is 1.50 bits per heavy atom. The Kier molecular flexibility index (Phi) is 3.55. The van der Waals surface area contributed by atoms with E-state index in [9.17, 15) is 8.42 Å². The van der Waals surface area contributed by atoms with Crippen LogP contribution in [0.4, 0.5) is 10.8 Å². The van der Waals surface area contributed by atoms with Crippen molar-refractivity contribution in [3.8, 4) is 0 Å². The van der Waals surface area contributed by atoms with Crippen LogP contribution in [0.15, 0.2) is 4.90 Å². The summed E-state index contributed by atoms with van der Waals surface area (Å²) in [6.07, 6.45) is 3.64. The molecule has 0 bridgehead atoms. The van der Waals surface area contributed by atoms with Gasteiger partial charge in [0.25, 0.3) is 0 Å². The molecule has 102 valence electrons. The van der Waals surface area contributed by atoms with Crippen LogP contribution in [0.25, 0.3) is 0 Å². The Hall–Kier alpha value is -0.820. The van der Waals surface area contributed by atoms with Crippen molar-refractivity contribution in [1.82, 2.24) is 4.37 Å². The molecule has 1 aliphatic rings. The lowest BCUT2D eigenvalue weighted by molar-refractivity contribution is 0.599. The molecule has 1 fully saturated rings. The van der Waals surface area contributed by atoms with Gasteiger partial charge >= 0.3 is 0 Å². The second-order valence-electron chi connectivity index (χ2n) is 5.16. The topological polar surface area (TPSA) is 76.3 Å². The molecular weight excluding hydrogens is 270 g/mol. The Labute approximate surface area is 112 Å². The molecule has 0 atom stereocenters. The molecule has 0 aliphatic heterocycles. The van der Waals surface area contributed by atoms with Crippen molar-refractivity contribution < 1.29 is 8.42 Å². The standard InChI is InChI=1S/C11H19N3O2S2/c1-7(2)14(6-8-4-5-8)11-9(18(3,15)16)10(12)13-17-11/h7-8H,4-6H2,1-3H3,(H2,12,13). The normalized spacial score (nSPS) is 16.2. The van der Waals surface area contributed by atoms with Crippen molar-refractivity contribution in [1.29, 1.82) is 0 Å². The Morgan fingerprint density at radius 2 is 2.11 bits per heavy atom. The lowest BCUT2D eigenvalue weighted by Gasteiger charge is -2.27. The molecule has 0 spiro atoms. The first kappa shape index (κ1) is 13.6. The molecule has 18 heavy (non-hydrogen) atoms. The summed E-state index contributed by atoms with van der Waals surface area (Å²) in [5.74, 6) is 0.807. The van der Waals surface area contributed by atoms with Gasteiger partial charge in [0, 0.05) is 18.8 Å². The van der Waals surface area contributed by atoms with E-state index < -0.39 is 9.84 Å². The fourth-order valence-electron chi connectivity index (χ4n) is 1.92. The van der Waals surface area contributed by atoms with E-state index >= 15 is 0 Å². The average Bonchev–Trinajstić information content (AvgIpc) is 2.95. The van der Waals surface area contributed by atoms with Gasteiger partial charge in [0.2, 0.25) is 0 Å². The maximum absolute atomic E-state index is 11.8. The molecule has 1 aromatic rings. The van der Waals surface area contributed by atoms with E-state index in [0.717, 1.165) is 6.54 Å². The minimum Gasteiger partial charge on any atom is -0.382 e. The molecule has 1 aliphatic carbocycles. The van der Waals surface area contributed by atoms with Crippen LogP contribution < -0.4 is 10.6 Å². The molecule has 0 amide bonds. The zero-order valence-electron chi connectivity index (χ0n) is 10.9. The van der Waals surface area contributed by atoms with Crippen LogP contribution in [0, 0.1) is 5.92 Å². The molecule has 1 heterocycles. The van der Waals surface area contributed by atoms with Crippen molar-refractivity contribution in [3.63, 3.8) is 0 Å². The molecule has 5 nitrogen and oxygen atoms in total. The number of hydrogen-bond donors (Lipinski definition) is 1. The van der Waals surface area contributed by atoms with Crippen molar-refractivity contribution in [2.45, 2.75) is 37.6 Å². The number of nitrogen functional groups attached to an aromatic ring is 1. The summed E-state index contributed by atoms with van der Waals surface area (Å²) < 4.78 is 27.7. The first-order chi connectivity index (χ1) is 8.30. The van der Waals surface area contributed by atoms with Crippen molar-refractivity contribution in [2.75, 3.05) is 23.4 Å². The molecule has 0 aromatic carbocycles. The number of anilines is 2. The maximum Gasteiger partial charge on any atom is 0.182 e. The monoisotopic (exact) mass is 289 g/mol. The minimum absolute atomic E-state index is 0.124. The van der Waals surface area contributed by atoms with Gasteiger partial charge < -0.3 is 10.6 Å². The van der Waals surface area contributed by atoms with Crippen molar-refractivity contribution >= 4 is 32.2 Å². The van der Waals surface area contributed by atoms with Crippen LogP contribution >= 0.6 is 11.5 Å². The summed E-state index contributed by atoms with van der Waals surface area (Å²) in [4.78, 5) is 2.31. The van der Waals surface area contributed by atoms with Gasteiger partial charge in [-0.05, 0) is 44.1 Å². The highest BCUT2D eigenvalue weighted by Gasteiger charge is 2.31. The van der Waals surface area contributed by atoms with Crippen molar-refractivity contribution in [2.24, 2.45) is 5.92 Å². The predicted octanol–water partition coefficient (Wildman–Crippen LogP) is 1.75.